The topological polar surface area (TPSA) is 87.0 Å². The van der Waals surface area contributed by atoms with Gasteiger partial charge in [0.05, 0.1) is 12.7 Å². The third-order valence-corrected chi connectivity index (χ3v) is 7.02. The first kappa shape index (κ1) is 18.2. The van der Waals surface area contributed by atoms with Crippen LogP contribution >= 0.6 is 0 Å². The van der Waals surface area contributed by atoms with Crippen molar-refractivity contribution >= 4 is 5.97 Å². The molecule has 1 aliphatic heterocycles. The Kier molecular flexibility index (Phi) is 4.58. The highest BCUT2D eigenvalue weighted by Crippen LogP contribution is 2.61. The van der Waals surface area contributed by atoms with E-state index < -0.39 is 17.5 Å². The fourth-order valence-electron chi connectivity index (χ4n) is 5.40. The van der Waals surface area contributed by atoms with Crippen molar-refractivity contribution < 1.29 is 24.9 Å². The molecule has 5 atom stereocenters. The molecule has 3 rings (SSSR count). The molecule has 0 amide bonds. The fraction of sp³-hybridized carbons (Fsp3) is 0.650. The van der Waals surface area contributed by atoms with Crippen molar-refractivity contribution in [1.29, 1.82) is 0 Å². The monoisotopic (exact) mass is 348 g/mol. The lowest BCUT2D eigenvalue weighted by molar-refractivity contribution is -0.151. The summed E-state index contributed by atoms with van der Waals surface area (Å²) >= 11 is 0. The summed E-state index contributed by atoms with van der Waals surface area (Å²) in [4.78, 5) is 11.7. The molecule has 5 heteroatoms. The number of allylic oxidation sites excluding steroid dienone is 2. The van der Waals surface area contributed by atoms with Gasteiger partial charge in [-0.2, -0.15) is 0 Å². The lowest BCUT2D eigenvalue weighted by Gasteiger charge is -2.59. The van der Waals surface area contributed by atoms with Gasteiger partial charge in [-0.25, -0.2) is 4.79 Å². The molecule has 0 aromatic carbocycles. The molecule has 2 saturated carbocycles. The molecule has 3 N–H and O–H groups in total. The maximum atomic E-state index is 11.7. The number of carbonyl (C=O) groups excluding carboxylic acids is 1. The number of rotatable bonds is 3. The number of ether oxygens (including phenoxy) is 1. The van der Waals surface area contributed by atoms with Crippen molar-refractivity contribution in [3.05, 3.63) is 35.8 Å². The van der Waals surface area contributed by atoms with Gasteiger partial charge in [0, 0.05) is 5.41 Å². The van der Waals surface area contributed by atoms with E-state index in [2.05, 4.69) is 13.5 Å². The minimum Gasteiger partial charge on any atom is -0.504 e. The van der Waals surface area contributed by atoms with Crippen LogP contribution in [0.1, 0.15) is 46.0 Å². The molecule has 0 unspecified atom stereocenters. The van der Waals surface area contributed by atoms with E-state index >= 15 is 0 Å². The Bertz CT molecular complexity index is 648. The second kappa shape index (κ2) is 6.29. The van der Waals surface area contributed by atoms with Crippen LogP contribution in [0.15, 0.2) is 35.8 Å². The molecule has 0 aromatic heterocycles. The summed E-state index contributed by atoms with van der Waals surface area (Å²) in [6, 6.07) is 0. The van der Waals surface area contributed by atoms with Gasteiger partial charge in [0.1, 0.15) is 11.8 Å². The molecular formula is C20H28O5. The Hall–Kier alpha value is -1.59. The maximum Gasteiger partial charge on any atom is 0.346 e. The third kappa shape index (κ3) is 2.74. The zero-order chi connectivity index (χ0) is 18.4. The normalized spacial score (nSPS) is 43.0. The molecule has 0 aromatic rings. The summed E-state index contributed by atoms with van der Waals surface area (Å²) in [6.45, 7) is 8.42. The van der Waals surface area contributed by atoms with Gasteiger partial charge in [-0.15, -0.1) is 0 Å². The van der Waals surface area contributed by atoms with E-state index in [9.17, 15) is 20.1 Å². The zero-order valence-corrected chi connectivity index (χ0v) is 15.0. The van der Waals surface area contributed by atoms with E-state index in [1.165, 1.54) is 0 Å². The van der Waals surface area contributed by atoms with Gasteiger partial charge in [0.2, 0.25) is 0 Å². The van der Waals surface area contributed by atoms with Gasteiger partial charge >= 0.3 is 5.97 Å². The first-order valence-electron chi connectivity index (χ1n) is 9.01. The van der Waals surface area contributed by atoms with Crippen LogP contribution in [0, 0.1) is 22.7 Å². The predicted octanol–water partition coefficient (Wildman–Crippen LogP) is 3.00. The number of fused-ring (bicyclic) bond motifs is 1. The molecular weight excluding hydrogens is 320 g/mol. The van der Waals surface area contributed by atoms with E-state index in [1.807, 2.05) is 6.92 Å². The van der Waals surface area contributed by atoms with E-state index in [1.54, 1.807) is 6.08 Å². The zero-order valence-electron chi connectivity index (χ0n) is 15.0. The van der Waals surface area contributed by atoms with Crippen LogP contribution in [0.4, 0.5) is 0 Å². The lowest BCUT2D eigenvalue weighted by Crippen LogP contribution is -2.57. The van der Waals surface area contributed by atoms with Gasteiger partial charge in [0.25, 0.3) is 0 Å². The number of aliphatic hydroxyl groups is 3. The Balaban J connectivity index is 1.91. The Morgan fingerprint density at radius 2 is 2.12 bits per heavy atom. The Labute approximate surface area is 148 Å². The van der Waals surface area contributed by atoms with Gasteiger partial charge < -0.3 is 20.1 Å². The van der Waals surface area contributed by atoms with Crippen LogP contribution in [0.2, 0.25) is 0 Å². The van der Waals surface area contributed by atoms with Crippen molar-refractivity contribution in [2.75, 3.05) is 6.61 Å². The highest BCUT2D eigenvalue weighted by atomic mass is 16.5. The molecule has 5 nitrogen and oxygen atoms in total. The van der Waals surface area contributed by atoms with Crippen LogP contribution in [0.25, 0.3) is 0 Å². The number of aliphatic hydroxyl groups excluding tert-OH is 3. The van der Waals surface area contributed by atoms with Crippen molar-refractivity contribution in [3.8, 4) is 0 Å². The molecule has 3 aliphatic rings. The van der Waals surface area contributed by atoms with Gasteiger partial charge in [0.15, 0.2) is 5.76 Å². The number of hydrogen-bond acceptors (Lipinski definition) is 5. The molecule has 0 saturated heterocycles. The fourth-order valence-corrected chi connectivity index (χ4v) is 5.40. The standard InChI is InChI=1S/C20H28O5/c1-12-4-7-16-19(2,9-8-17(23)20(16,3)11-21)14(12)6-5-13-15(22)10-25-18(13)24/h5,10,14,16-17,21-23H,1,4,6-9,11H2,2-3H3/t14-,16+,17-,19+,20+/m1/s1. The van der Waals surface area contributed by atoms with Crippen molar-refractivity contribution in [3.63, 3.8) is 0 Å². The van der Waals surface area contributed by atoms with E-state index in [0.29, 0.717) is 12.8 Å². The molecule has 0 bridgehead atoms. The van der Waals surface area contributed by atoms with Crippen molar-refractivity contribution in [2.45, 2.75) is 52.1 Å². The third-order valence-electron chi connectivity index (χ3n) is 7.02. The van der Waals surface area contributed by atoms with E-state index in [0.717, 1.165) is 31.1 Å². The van der Waals surface area contributed by atoms with Crippen LogP contribution in [0.3, 0.4) is 0 Å². The number of carbonyl (C=O) groups is 1. The number of cyclic esters (lactones) is 1. The van der Waals surface area contributed by atoms with E-state index in [-0.39, 0.29) is 35.2 Å². The summed E-state index contributed by atoms with van der Waals surface area (Å²) in [6.07, 6.45) is 6.15. The first-order valence-corrected chi connectivity index (χ1v) is 9.01. The minimum atomic E-state index is -0.528. The molecule has 2 aliphatic carbocycles. The SMILES string of the molecule is C=C1CC[C@@H]2[C@](C)(CO)[C@H](O)CC[C@@]2(C)[C@@H]1CC=C1C(=O)OC=C1O. The molecule has 1 heterocycles. The largest absolute Gasteiger partial charge is 0.504 e. The van der Waals surface area contributed by atoms with Crippen LogP contribution in [-0.4, -0.2) is 34.0 Å². The van der Waals surface area contributed by atoms with E-state index in [4.69, 9.17) is 4.74 Å². The van der Waals surface area contributed by atoms with Crippen LogP contribution < -0.4 is 0 Å². The highest BCUT2D eigenvalue weighted by Gasteiger charge is 2.57. The molecule has 138 valence electrons. The molecule has 25 heavy (non-hydrogen) atoms. The van der Waals surface area contributed by atoms with Crippen molar-refractivity contribution in [1.82, 2.24) is 0 Å². The number of esters is 1. The molecule has 0 spiro atoms. The maximum absolute atomic E-state index is 11.7. The average Bonchev–Trinajstić information content (AvgIpc) is 2.89. The van der Waals surface area contributed by atoms with Gasteiger partial charge in [-0.1, -0.05) is 32.1 Å². The summed E-state index contributed by atoms with van der Waals surface area (Å²) in [7, 11) is 0. The van der Waals surface area contributed by atoms with Crippen LogP contribution in [0.5, 0.6) is 0 Å². The Morgan fingerprint density at radius 1 is 1.40 bits per heavy atom. The Morgan fingerprint density at radius 3 is 2.72 bits per heavy atom. The highest BCUT2D eigenvalue weighted by molar-refractivity contribution is 5.95. The van der Waals surface area contributed by atoms with Gasteiger partial charge in [-0.05, 0) is 49.4 Å². The van der Waals surface area contributed by atoms with Gasteiger partial charge in [-0.3, -0.25) is 0 Å². The number of hydrogen-bond donors (Lipinski definition) is 3. The molecule has 0 radical (unpaired) electrons. The summed E-state index contributed by atoms with van der Waals surface area (Å²) in [5.41, 5.74) is 0.722. The summed E-state index contributed by atoms with van der Waals surface area (Å²) < 4.78 is 4.73. The second-order valence-corrected chi connectivity index (χ2v) is 8.29. The summed E-state index contributed by atoms with van der Waals surface area (Å²) in [5.74, 6) is -0.340. The van der Waals surface area contributed by atoms with Crippen molar-refractivity contribution in [2.24, 2.45) is 22.7 Å². The predicted molar refractivity (Wildman–Crippen MR) is 93.4 cm³/mol. The van der Waals surface area contributed by atoms with Crippen LogP contribution in [-0.2, 0) is 9.53 Å². The minimum absolute atomic E-state index is 0.0371. The average molecular weight is 348 g/mol. The summed E-state index contributed by atoms with van der Waals surface area (Å²) in [5, 5.41) is 30.3. The first-order chi connectivity index (χ1) is 11.7. The smallest absolute Gasteiger partial charge is 0.346 e. The quantitative estimate of drug-likeness (QED) is 0.415. The lowest BCUT2D eigenvalue weighted by atomic mass is 9.46. The second-order valence-electron chi connectivity index (χ2n) is 8.29. The molecule has 2 fully saturated rings.